The van der Waals surface area contributed by atoms with E-state index >= 15 is 0 Å². The van der Waals surface area contributed by atoms with Gasteiger partial charge >= 0.3 is 6.09 Å². The third-order valence-corrected chi connectivity index (χ3v) is 8.72. The summed E-state index contributed by atoms with van der Waals surface area (Å²) in [6, 6.07) is 9.84. The number of benzene rings is 1. The van der Waals surface area contributed by atoms with Crippen LogP contribution in [-0.2, 0) is 16.1 Å². The molecule has 41 heavy (non-hydrogen) atoms. The maximum absolute atomic E-state index is 13.6. The summed E-state index contributed by atoms with van der Waals surface area (Å²) >= 11 is 12.3. The van der Waals surface area contributed by atoms with E-state index in [1.54, 1.807) is 11.0 Å². The molecule has 0 aliphatic carbocycles. The average molecular weight is 604 g/mol. The molecule has 0 radical (unpaired) electrons. The second-order valence-electron chi connectivity index (χ2n) is 13.5. The minimum Gasteiger partial charge on any atom is -0.444 e. The quantitative estimate of drug-likeness (QED) is 0.363. The Morgan fingerprint density at radius 3 is 2.20 bits per heavy atom. The van der Waals surface area contributed by atoms with E-state index in [2.05, 4.69) is 42.7 Å². The van der Waals surface area contributed by atoms with E-state index in [4.69, 9.17) is 32.9 Å². The average Bonchev–Trinajstić information content (AvgIpc) is 2.89. The van der Waals surface area contributed by atoms with Gasteiger partial charge in [-0.05, 0) is 68.7 Å². The number of carbonyl (C=O) groups is 2. The lowest BCUT2D eigenvalue weighted by molar-refractivity contribution is -0.141. The number of rotatable bonds is 5. The first kappa shape index (κ1) is 31.6. The van der Waals surface area contributed by atoms with Crippen LogP contribution in [0.25, 0.3) is 11.1 Å². The molecule has 2 fully saturated rings. The molecule has 3 heterocycles. The van der Waals surface area contributed by atoms with E-state index in [0.29, 0.717) is 36.1 Å². The van der Waals surface area contributed by atoms with Crippen molar-refractivity contribution in [3.05, 3.63) is 52.3 Å². The molecule has 2 aliphatic heterocycles. The number of piperidine rings is 1. The number of halogens is 2. The van der Waals surface area contributed by atoms with Gasteiger partial charge in [-0.15, -0.1) is 0 Å². The van der Waals surface area contributed by atoms with E-state index < -0.39 is 5.60 Å². The number of likely N-dealkylation sites (tertiary alicyclic amines) is 1. The number of ether oxygens (including phenoxy) is 1. The molecule has 2 amide bonds. The summed E-state index contributed by atoms with van der Waals surface area (Å²) in [6.07, 6.45) is 3.81. The third kappa shape index (κ3) is 8.59. The third-order valence-electron chi connectivity index (χ3n) is 7.98. The van der Waals surface area contributed by atoms with Crippen molar-refractivity contribution >= 4 is 35.2 Å². The molecule has 7 nitrogen and oxygen atoms in total. The van der Waals surface area contributed by atoms with Gasteiger partial charge in [-0.25, -0.2) is 4.79 Å². The van der Waals surface area contributed by atoms with Crippen molar-refractivity contribution in [3.8, 4) is 11.1 Å². The van der Waals surface area contributed by atoms with Crippen LogP contribution < -0.4 is 0 Å². The molecule has 1 unspecified atom stereocenters. The van der Waals surface area contributed by atoms with Crippen molar-refractivity contribution in [2.24, 2.45) is 11.3 Å². The molecule has 9 heteroatoms. The summed E-state index contributed by atoms with van der Waals surface area (Å²) in [5, 5.41) is 1.06. The molecular weight excluding hydrogens is 559 g/mol. The smallest absolute Gasteiger partial charge is 0.410 e. The lowest BCUT2D eigenvalue weighted by Crippen LogP contribution is -2.59. The van der Waals surface area contributed by atoms with Crippen LogP contribution in [0.1, 0.15) is 66.5 Å². The topological polar surface area (TPSA) is 66.0 Å². The molecule has 2 aromatic rings. The summed E-state index contributed by atoms with van der Waals surface area (Å²) in [7, 11) is 0. The van der Waals surface area contributed by atoms with Crippen molar-refractivity contribution in [1.29, 1.82) is 0 Å². The maximum Gasteiger partial charge on any atom is 0.410 e. The van der Waals surface area contributed by atoms with Crippen LogP contribution in [0.3, 0.4) is 0 Å². The van der Waals surface area contributed by atoms with Crippen LogP contribution in [0.2, 0.25) is 10.0 Å². The Kier molecular flexibility index (Phi) is 9.93. The highest BCUT2D eigenvalue weighted by molar-refractivity contribution is 6.42. The fourth-order valence-electron chi connectivity index (χ4n) is 5.63. The molecule has 1 atom stereocenters. The maximum atomic E-state index is 13.6. The van der Waals surface area contributed by atoms with Gasteiger partial charge in [-0.1, -0.05) is 56.1 Å². The molecule has 1 aromatic carbocycles. The summed E-state index contributed by atoms with van der Waals surface area (Å²) in [5.41, 5.74) is 2.42. The Hall–Kier alpha value is -2.35. The summed E-state index contributed by atoms with van der Waals surface area (Å²) in [5.74, 6) is 0.516. The van der Waals surface area contributed by atoms with Crippen molar-refractivity contribution in [2.45, 2.75) is 79.0 Å². The normalized spacial score (nSPS) is 19.4. The van der Waals surface area contributed by atoms with E-state index in [-0.39, 0.29) is 29.4 Å². The second kappa shape index (κ2) is 12.9. The molecule has 1 aromatic heterocycles. The summed E-state index contributed by atoms with van der Waals surface area (Å²) in [4.78, 5) is 37.0. The van der Waals surface area contributed by atoms with Gasteiger partial charge in [0.2, 0.25) is 5.91 Å². The monoisotopic (exact) mass is 602 g/mol. The zero-order chi connectivity index (χ0) is 29.9. The van der Waals surface area contributed by atoms with Crippen LogP contribution in [-0.4, -0.2) is 76.1 Å². The largest absolute Gasteiger partial charge is 0.444 e. The van der Waals surface area contributed by atoms with E-state index in [0.717, 1.165) is 49.3 Å². The molecule has 224 valence electrons. The highest BCUT2D eigenvalue weighted by atomic mass is 35.5. The van der Waals surface area contributed by atoms with Gasteiger partial charge in [0.05, 0.1) is 15.7 Å². The van der Waals surface area contributed by atoms with Crippen molar-refractivity contribution in [3.63, 3.8) is 0 Å². The van der Waals surface area contributed by atoms with E-state index in [1.165, 1.54) is 0 Å². The van der Waals surface area contributed by atoms with Gasteiger partial charge < -0.3 is 14.5 Å². The zero-order valence-corrected chi connectivity index (χ0v) is 26.8. The summed E-state index contributed by atoms with van der Waals surface area (Å²) in [6.45, 7) is 16.6. The number of aromatic nitrogens is 1. The number of carbonyl (C=O) groups excluding carboxylic acids is 2. The van der Waals surface area contributed by atoms with Gasteiger partial charge in [0.1, 0.15) is 5.60 Å². The Morgan fingerprint density at radius 2 is 1.61 bits per heavy atom. The van der Waals surface area contributed by atoms with Gasteiger partial charge in [0, 0.05) is 63.5 Å². The second-order valence-corrected chi connectivity index (χ2v) is 14.3. The minimum atomic E-state index is -0.500. The van der Waals surface area contributed by atoms with Crippen molar-refractivity contribution < 1.29 is 14.3 Å². The van der Waals surface area contributed by atoms with Crippen molar-refractivity contribution in [2.75, 3.05) is 32.7 Å². The Morgan fingerprint density at radius 1 is 0.927 bits per heavy atom. The number of hydrogen-bond acceptors (Lipinski definition) is 5. The highest BCUT2D eigenvalue weighted by Gasteiger charge is 2.39. The first-order valence-corrected chi connectivity index (χ1v) is 15.4. The van der Waals surface area contributed by atoms with Gasteiger partial charge in [-0.3, -0.25) is 14.7 Å². The van der Waals surface area contributed by atoms with Crippen LogP contribution >= 0.6 is 23.2 Å². The Labute approximate surface area is 255 Å². The van der Waals surface area contributed by atoms with E-state index in [9.17, 15) is 9.59 Å². The SMILES string of the molecule is CC(C)(C)OC(=O)N1CCC(CC(=O)N2CCN(Cc3ccc(-c4ccc(Cl)c(Cl)c4)cn3)CC2C(C)(C)C)CC1. The fraction of sp³-hybridized carbons (Fsp3) is 0.594. The van der Waals surface area contributed by atoms with Crippen LogP contribution in [0.15, 0.2) is 36.5 Å². The lowest BCUT2D eigenvalue weighted by atomic mass is 9.83. The van der Waals surface area contributed by atoms with E-state index in [1.807, 2.05) is 39.1 Å². The number of amides is 2. The van der Waals surface area contributed by atoms with Crippen LogP contribution in [0.4, 0.5) is 4.79 Å². The zero-order valence-electron chi connectivity index (χ0n) is 25.3. The Balaban J connectivity index is 1.32. The molecule has 2 aliphatic rings. The predicted octanol–water partition coefficient (Wildman–Crippen LogP) is 7.15. The van der Waals surface area contributed by atoms with Gasteiger partial charge in [0.25, 0.3) is 0 Å². The number of nitrogens with zero attached hydrogens (tertiary/aromatic N) is 4. The van der Waals surface area contributed by atoms with Gasteiger partial charge in [0.15, 0.2) is 0 Å². The molecule has 0 saturated carbocycles. The molecule has 0 N–H and O–H groups in total. The standard InChI is InChI=1S/C32H44Cl2N4O3/c1-31(2,3)28-21-36(20-25-9-7-24(19-35-25)23-8-10-26(33)27(34)18-23)15-16-38(28)29(39)17-22-11-13-37(14-12-22)30(40)41-32(4,5)6/h7-10,18-19,22,28H,11-17,20-21H2,1-6H3. The molecule has 2 saturated heterocycles. The van der Waals surface area contributed by atoms with Gasteiger partial charge in [-0.2, -0.15) is 0 Å². The predicted molar refractivity (Wildman–Crippen MR) is 165 cm³/mol. The number of hydrogen-bond donors (Lipinski definition) is 0. The lowest BCUT2D eigenvalue weighted by Gasteiger charge is -2.47. The molecule has 4 rings (SSSR count). The Bertz CT molecular complexity index is 1210. The summed E-state index contributed by atoms with van der Waals surface area (Å²) < 4.78 is 5.52. The molecule has 0 bridgehead atoms. The first-order chi connectivity index (χ1) is 19.2. The minimum absolute atomic E-state index is 0.0560. The number of piperazine rings is 1. The highest BCUT2D eigenvalue weighted by Crippen LogP contribution is 2.32. The van der Waals surface area contributed by atoms with Crippen LogP contribution in [0, 0.1) is 11.3 Å². The van der Waals surface area contributed by atoms with Crippen LogP contribution in [0.5, 0.6) is 0 Å². The molecular formula is C32H44Cl2N4O3. The first-order valence-electron chi connectivity index (χ1n) is 14.6. The number of pyridine rings is 1. The van der Waals surface area contributed by atoms with Crippen molar-refractivity contribution in [1.82, 2.24) is 19.7 Å². The molecule has 0 spiro atoms. The fourth-order valence-corrected chi connectivity index (χ4v) is 5.92.